The zero-order valence-corrected chi connectivity index (χ0v) is 20.7. The van der Waals surface area contributed by atoms with Crippen molar-refractivity contribution in [3.05, 3.63) is 65.3 Å². The summed E-state index contributed by atoms with van der Waals surface area (Å²) in [4.78, 5) is 19.3. The summed E-state index contributed by atoms with van der Waals surface area (Å²) < 4.78 is 27.3. The van der Waals surface area contributed by atoms with E-state index < -0.39 is 10.0 Å². The van der Waals surface area contributed by atoms with E-state index in [0.29, 0.717) is 24.7 Å². The third-order valence-corrected chi connectivity index (χ3v) is 8.18. The van der Waals surface area contributed by atoms with Gasteiger partial charge in [-0.15, -0.1) is 0 Å². The monoisotopic (exact) mass is 501 g/mol. The second-order valence-electron chi connectivity index (χ2n) is 8.43. The predicted octanol–water partition coefficient (Wildman–Crippen LogP) is 3.71. The number of nitrogens with one attached hydrogen (secondary N) is 2. The molecule has 1 atom stereocenters. The third kappa shape index (κ3) is 5.50. The molecular formula is C24H28ClN5O3S. The van der Waals surface area contributed by atoms with Crippen LogP contribution in [0.3, 0.4) is 0 Å². The van der Waals surface area contributed by atoms with Crippen LogP contribution in [-0.2, 0) is 10.0 Å². The number of carbonyl (C=O) groups is 1. The van der Waals surface area contributed by atoms with Gasteiger partial charge in [0.1, 0.15) is 0 Å². The number of para-hydroxylation sites is 1. The lowest BCUT2D eigenvalue weighted by atomic mass is 10.1. The molecule has 8 nitrogen and oxygen atoms in total. The van der Waals surface area contributed by atoms with Crippen LogP contribution in [0.1, 0.15) is 12.1 Å². The number of fused-ring (bicyclic) bond motifs is 1. The number of benzene rings is 2. The highest BCUT2D eigenvalue weighted by Gasteiger charge is 2.33. The SMILES string of the molecule is Cc1cc(NC(=O)NCCN2CCC(N(C)S(=O)(=O)c3cccc(Cl)c3)C2)c2ccccc2n1. The van der Waals surface area contributed by atoms with Crippen LogP contribution in [0.5, 0.6) is 0 Å². The van der Waals surface area contributed by atoms with Crippen LogP contribution < -0.4 is 10.6 Å². The first-order chi connectivity index (χ1) is 16.2. The molecule has 10 heteroatoms. The number of urea groups is 1. The smallest absolute Gasteiger partial charge is 0.319 e. The van der Waals surface area contributed by atoms with Gasteiger partial charge < -0.3 is 10.6 Å². The minimum atomic E-state index is -3.62. The second kappa shape index (κ2) is 10.3. The number of aryl methyl sites for hydroxylation is 1. The standard InChI is InChI=1S/C24H28ClN5O3S/c1-17-14-23(21-8-3-4-9-22(21)27-17)28-24(31)26-11-13-30-12-10-19(16-30)29(2)34(32,33)20-7-5-6-18(25)15-20/h3-9,14-15,19H,10-13,16H2,1-2H3,(H2,26,27,28,31). The van der Waals surface area contributed by atoms with Crippen LogP contribution in [0.2, 0.25) is 5.02 Å². The number of anilines is 1. The number of nitrogens with zero attached hydrogens (tertiary/aromatic N) is 3. The molecule has 1 unspecified atom stereocenters. The van der Waals surface area contributed by atoms with Gasteiger partial charge in [0.15, 0.2) is 0 Å². The number of sulfonamides is 1. The van der Waals surface area contributed by atoms with E-state index in [2.05, 4.69) is 20.5 Å². The lowest BCUT2D eigenvalue weighted by Gasteiger charge is -2.24. The maximum atomic E-state index is 13.0. The fourth-order valence-electron chi connectivity index (χ4n) is 4.21. The van der Waals surface area contributed by atoms with Crippen LogP contribution in [0.15, 0.2) is 59.5 Å². The first kappa shape index (κ1) is 24.4. The summed E-state index contributed by atoms with van der Waals surface area (Å²) in [6.07, 6.45) is 0.727. The summed E-state index contributed by atoms with van der Waals surface area (Å²) >= 11 is 5.97. The number of amides is 2. The Balaban J connectivity index is 1.28. The highest BCUT2D eigenvalue weighted by atomic mass is 35.5. The zero-order valence-electron chi connectivity index (χ0n) is 19.2. The van der Waals surface area contributed by atoms with Crippen molar-refractivity contribution in [2.45, 2.75) is 24.3 Å². The van der Waals surface area contributed by atoms with Crippen molar-refractivity contribution >= 4 is 44.2 Å². The summed E-state index contributed by atoms with van der Waals surface area (Å²) in [6.45, 7) is 4.34. The molecule has 0 aliphatic carbocycles. The van der Waals surface area contributed by atoms with Gasteiger partial charge >= 0.3 is 6.03 Å². The van der Waals surface area contributed by atoms with Gasteiger partial charge in [0.2, 0.25) is 10.0 Å². The number of rotatable bonds is 7. The number of pyridine rings is 1. The van der Waals surface area contributed by atoms with E-state index in [1.807, 2.05) is 37.3 Å². The minimum absolute atomic E-state index is 0.135. The highest BCUT2D eigenvalue weighted by Crippen LogP contribution is 2.24. The average Bonchev–Trinajstić information content (AvgIpc) is 3.27. The summed E-state index contributed by atoms with van der Waals surface area (Å²) in [5.74, 6) is 0. The van der Waals surface area contributed by atoms with Gasteiger partial charge in [0.25, 0.3) is 0 Å². The number of hydrogen-bond acceptors (Lipinski definition) is 5. The largest absolute Gasteiger partial charge is 0.337 e. The van der Waals surface area contributed by atoms with Gasteiger partial charge in [-0.1, -0.05) is 35.9 Å². The predicted molar refractivity (Wildman–Crippen MR) is 135 cm³/mol. The highest BCUT2D eigenvalue weighted by molar-refractivity contribution is 7.89. The molecule has 1 aliphatic rings. The van der Waals surface area contributed by atoms with Crippen molar-refractivity contribution in [3.63, 3.8) is 0 Å². The lowest BCUT2D eigenvalue weighted by Crippen LogP contribution is -2.40. The lowest BCUT2D eigenvalue weighted by molar-refractivity contribution is 0.248. The Labute approximate surface area is 205 Å². The fourth-order valence-corrected chi connectivity index (χ4v) is 5.89. The third-order valence-electron chi connectivity index (χ3n) is 6.04. The van der Waals surface area contributed by atoms with E-state index in [1.54, 1.807) is 25.2 Å². The molecule has 3 aromatic rings. The first-order valence-electron chi connectivity index (χ1n) is 11.1. The van der Waals surface area contributed by atoms with Crippen molar-refractivity contribution in [1.29, 1.82) is 0 Å². The number of hydrogen-bond donors (Lipinski definition) is 2. The van der Waals surface area contributed by atoms with Crippen molar-refractivity contribution in [1.82, 2.24) is 19.5 Å². The van der Waals surface area contributed by atoms with Crippen LogP contribution in [0.25, 0.3) is 10.9 Å². The van der Waals surface area contributed by atoms with Crippen LogP contribution >= 0.6 is 11.6 Å². The summed E-state index contributed by atoms with van der Waals surface area (Å²) in [5, 5.41) is 7.08. The molecular weight excluding hydrogens is 474 g/mol. The van der Waals surface area contributed by atoms with Gasteiger partial charge in [-0.2, -0.15) is 4.31 Å². The maximum absolute atomic E-state index is 13.0. The van der Waals surface area contributed by atoms with Crippen LogP contribution in [0.4, 0.5) is 10.5 Å². The Morgan fingerprint density at radius 3 is 2.79 bits per heavy atom. The molecule has 2 aromatic carbocycles. The molecule has 1 aromatic heterocycles. The van der Waals surface area contributed by atoms with E-state index in [4.69, 9.17) is 11.6 Å². The number of likely N-dealkylation sites (N-methyl/N-ethyl adjacent to an activating group) is 1. The Morgan fingerprint density at radius 1 is 1.21 bits per heavy atom. The Kier molecular flexibility index (Phi) is 7.37. The summed E-state index contributed by atoms with van der Waals surface area (Å²) in [6, 6.07) is 15.4. The van der Waals surface area contributed by atoms with Crippen molar-refractivity contribution in [2.75, 3.05) is 38.5 Å². The number of carbonyl (C=O) groups excluding carboxylic acids is 1. The number of likely N-dealkylation sites (tertiary alicyclic amines) is 1. The number of halogens is 1. The van der Waals surface area contributed by atoms with Crippen LogP contribution in [0, 0.1) is 6.92 Å². The minimum Gasteiger partial charge on any atom is -0.337 e. The van der Waals surface area contributed by atoms with E-state index >= 15 is 0 Å². The Bertz CT molecular complexity index is 1300. The van der Waals surface area contributed by atoms with Gasteiger partial charge in [-0.25, -0.2) is 13.2 Å². The molecule has 0 bridgehead atoms. The molecule has 0 spiro atoms. The van der Waals surface area contributed by atoms with E-state index in [0.717, 1.165) is 35.2 Å². The van der Waals surface area contributed by atoms with Crippen LogP contribution in [-0.4, -0.2) is 67.9 Å². The molecule has 1 saturated heterocycles. The molecule has 2 N–H and O–H groups in total. The molecule has 2 amide bonds. The Morgan fingerprint density at radius 2 is 2.00 bits per heavy atom. The fraction of sp³-hybridized carbons (Fsp3) is 0.333. The van der Waals surface area contributed by atoms with Gasteiger partial charge in [-0.3, -0.25) is 9.88 Å². The summed E-state index contributed by atoms with van der Waals surface area (Å²) in [5.41, 5.74) is 2.38. The van der Waals surface area contributed by atoms with Gasteiger partial charge in [0, 0.05) is 48.8 Å². The van der Waals surface area contributed by atoms with E-state index in [-0.39, 0.29) is 17.0 Å². The van der Waals surface area contributed by atoms with Gasteiger partial charge in [0.05, 0.1) is 16.1 Å². The molecule has 34 heavy (non-hydrogen) atoms. The zero-order chi connectivity index (χ0) is 24.3. The molecule has 180 valence electrons. The number of aromatic nitrogens is 1. The molecule has 0 radical (unpaired) electrons. The Hall–Kier alpha value is -2.72. The van der Waals surface area contributed by atoms with Crippen molar-refractivity contribution < 1.29 is 13.2 Å². The average molecular weight is 502 g/mol. The molecule has 4 rings (SSSR count). The maximum Gasteiger partial charge on any atom is 0.319 e. The quantitative estimate of drug-likeness (QED) is 0.514. The second-order valence-corrected chi connectivity index (χ2v) is 10.9. The van der Waals surface area contributed by atoms with Crippen molar-refractivity contribution in [2.24, 2.45) is 0 Å². The van der Waals surface area contributed by atoms with E-state index in [1.165, 1.54) is 10.4 Å². The topological polar surface area (TPSA) is 94.6 Å². The van der Waals surface area contributed by atoms with E-state index in [9.17, 15) is 13.2 Å². The molecule has 0 saturated carbocycles. The normalized spacial score (nSPS) is 16.8. The van der Waals surface area contributed by atoms with Gasteiger partial charge in [-0.05, 0) is 50.2 Å². The van der Waals surface area contributed by atoms with Crippen molar-refractivity contribution in [3.8, 4) is 0 Å². The molecule has 2 heterocycles. The molecule has 1 fully saturated rings. The molecule has 1 aliphatic heterocycles. The first-order valence-corrected chi connectivity index (χ1v) is 12.9. The summed E-state index contributed by atoms with van der Waals surface area (Å²) in [7, 11) is -2.01.